The largest absolute Gasteiger partial charge is 0.497 e. The van der Waals surface area contributed by atoms with Gasteiger partial charge in [-0.15, -0.1) is 0 Å². The minimum atomic E-state index is -0.122. The SMILES string of the molecule is COc1cccc(-c2cnc(CCC(=O)Nc3cccc(Cl)c3)o2)c1. The second kappa shape index (κ2) is 7.85. The molecule has 0 saturated heterocycles. The van der Waals surface area contributed by atoms with Gasteiger partial charge in [0.05, 0.1) is 13.3 Å². The molecular weight excluding hydrogens is 340 g/mol. The van der Waals surface area contributed by atoms with Gasteiger partial charge in [0.25, 0.3) is 0 Å². The van der Waals surface area contributed by atoms with Crippen molar-refractivity contribution in [3.05, 3.63) is 65.6 Å². The van der Waals surface area contributed by atoms with Gasteiger partial charge in [0.15, 0.2) is 11.7 Å². The van der Waals surface area contributed by atoms with Gasteiger partial charge in [0, 0.05) is 29.1 Å². The van der Waals surface area contributed by atoms with Crippen molar-refractivity contribution in [2.75, 3.05) is 12.4 Å². The molecule has 0 saturated carbocycles. The summed E-state index contributed by atoms with van der Waals surface area (Å²) >= 11 is 5.90. The lowest BCUT2D eigenvalue weighted by atomic mass is 10.2. The summed E-state index contributed by atoms with van der Waals surface area (Å²) in [7, 11) is 1.61. The Morgan fingerprint density at radius 1 is 1.24 bits per heavy atom. The van der Waals surface area contributed by atoms with Crippen molar-refractivity contribution in [3.63, 3.8) is 0 Å². The predicted molar refractivity (Wildman–Crippen MR) is 96.9 cm³/mol. The van der Waals surface area contributed by atoms with Gasteiger partial charge < -0.3 is 14.5 Å². The number of hydrogen-bond acceptors (Lipinski definition) is 4. The van der Waals surface area contributed by atoms with E-state index in [1.165, 1.54) is 0 Å². The lowest BCUT2D eigenvalue weighted by molar-refractivity contribution is -0.116. The molecular formula is C19H17ClN2O3. The van der Waals surface area contributed by atoms with Crippen LogP contribution < -0.4 is 10.1 Å². The number of aryl methyl sites for hydroxylation is 1. The highest BCUT2D eigenvalue weighted by atomic mass is 35.5. The molecule has 0 aliphatic heterocycles. The van der Waals surface area contributed by atoms with E-state index < -0.39 is 0 Å². The van der Waals surface area contributed by atoms with E-state index in [1.54, 1.807) is 37.6 Å². The van der Waals surface area contributed by atoms with Crippen molar-refractivity contribution in [2.45, 2.75) is 12.8 Å². The first-order valence-electron chi connectivity index (χ1n) is 7.78. The Balaban J connectivity index is 1.59. The van der Waals surface area contributed by atoms with Crippen LogP contribution in [0.4, 0.5) is 5.69 Å². The highest BCUT2D eigenvalue weighted by Gasteiger charge is 2.10. The molecule has 6 heteroatoms. The third kappa shape index (κ3) is 4.61. The molecule has 25 heavy (non-hydrogen) atoms. The van der Waals surface area contributed by atoms with Crippen LogP contribution in [0.25, 0.3) is 11.3 Å². The van der Waals surface area contributed by atoms with Crippen LogP contribution in [0.1, 0.15) is 12.3 Å². The van der Waals surface area contributed by atoms with Crippen LogP contribution in [-0.2, 0) is 11.2 Å². The predicted octanol–water partition coefficient (Wildman–Crippen LogP) is 4.57. The van der Waals surface area contributed by atoms with Crippen LogP contribution in [0, 0.1) is 0 Å². The van der Waals surface area contributed by atoms with Gasteiger partial charge in [-0.3, -0.25) is 4.79 Å². The van der Waals surface area contributed by atoms with Gasteiger partial charge in [-0.1, -0.05) is 29.8 Å². The third-order valence-electron chi connectivity index (χ3n) is 3.58. The molecule has 0 bridgehead atoms. The van der Waals surface area contributed by atoms with E-state index in [4.69, 9.17) is 20.8 Å². The molecule has 1 N–H and O–H groups in total. The highest BCUT2D eigenvalue weighted by Crippen LogP contribution is 2.24. The Kier molecular flexibility index (Phi) is 5.36. The minimum Gasteiger partial charge on any atom is -0.497 e. The fraction of sp³-hybridized carbons (Fsp3) is 0.158. The molecule has 2 aromatic carbocycles. The van der Waals surface area contributed by atoms with Crippen LogP contribution in [0.5, 0.6) is 5.75 Å². The third-order valence-corrected chi connectivity index (χ3v) is 3.82. The smallest absolute Gasteiger partial charge is 0.224 e. The standard InChI is InChI=1S/C19H17ClN2O3/c1-24-16-7-2-4-13(10-16)17-12-21-19(25-17)9-8-18(23)22-15-6-3-5-14(20)11-15/h2-7,10-12H,8-9H2,1H3,(H,22,23). The first-order chi connectivity index (χ1) is 12.1. The van der Waals surface area contributed by atoms with Gasteiger partial charge in [0.1, 0.15) is 5.75 Å². The lowest BCUT2D eigenvalue weighted by Crippen LogP contribution is -2.12. The number of hydrogen-bond donors (Lipinski definition) is 1. The fourth-order valence-electron chi connectivity index (χ4n) is 2.35. The zero-order valence-electron chi connectivity index (χ0n) is 13.7. The number of aromatic nitrogens is 1. The summed E-state index contributed by atoms with van der Waals surface area (Å²) in [6, 6.07) is 14.6. The Hall–Kier alpha value is -2.79. The maximum absolute atomic E-state index is 12.0. The van der Waals surface area contributed by atoms with Crippen LogP contribution in [-0.4, -0.2) is 18.0 Å². The molecule has 5 nitrogen and oxygen atoms in total. The Labute approximate surface area is 150 Å². The molecule has 0 aliphatic rings. The first-order valence-corrected chi connectivity index (χ1v) is 8.16. The molecule has 0 spiro atoms. The number of anilines is 1. The summed E-state index contributed by atoms with van der Waals surface area (Å²) in [4.78, 5) is 16.2. The summed E-state index contributed by atoms with van der Waals surface area (Å²) < 4.78 is 10.9. The molecule has 128 valence electrons. The molecule has 3 rings (SSSR count). The maximum atomic E-state index is 12.0. The normalized spacial score (nSPS) is 10.5. The van der Waals surface area contributed by atoms with Gasteiger partial charge in [-0.05, 0) is 30.3 Å². The van der Waals surface area contributed by atoms with Crippen molar-refractivity contribution in [1.29, 1.82) is 0 Å². The van der Waals surface area contributed by atoms with E-state index in [0.717, 1.165) is 11.3 Å². The average Bonchev–Trinajstić information content (AvgIpc) is 3.09. The van der Waals surface area contributed by atoms with Gasteiger partial charge >= 0.3 is 0 Å². The van der Waals surface area contributed by atoms with Crippen LogP contribution in [0.15, 0.2) is 59.1 Å². The number of amides is 1. The second-order valence-electron chi connectivity index (χ2n) is 5.41. The van der Waals surface area contributed by atoms with Crippen LogP contribution >= 0.6 is 11.6 Å². The zero-order chi connectivity index (χ0) is 17.6. The van der Waals surface area contributed by atoms with Crippen molar-refractivity contribution < 1.29 is 13.9 Å². The Bertz CT molecular complexity index is 876. The van der Waals surface area contributed by atoms with Gasteiger partial charge in [-0.25, -0.2) is 4.98 Å². The number of carbonyl (C=O) groups excluding carboxylic acids is 1. The number of nitrogens with one attached hydrogen (secondary N) is 1. The molecule has 0 radical (unpaired) electrons. The number of oxazole rings is 1. The maximum Gasteiger partial charge on any atom is 0.224 e. The quantitative estimate of drug-likeness (QED) is 0.702. The van der Waals surface area contributed by atoms with E-state index in [9.17, 15) is 4.79 Å². The van der Waals surface area contributed by atoms with E-state index in [1.807, 2.05) is 24.3 Å². The molecule has 3 aromatic rings. The van der Waals surface area contributed by atoms with E-state index in [0.29, 0.717) is 28.8 Å². The highest BCUT2D eigenvalue weighted by molar-refractivity contribution is 6.30. The Morgan fingerprint density at radius 3 is 2.88 bits per heavy atom. The van der Waals surface area contributed by atoms with Gasteiger partial charge in [0.2, 0.25) is 5.91 Å². The fourth-order valence-corrected chi connectivity index (χ4v) is 2.54. The summed E-state index contributed by atoms with van der Waals surface area (Å²) in [6.45, 7) is 0. The molecule has 0 unspecified atom stereocenters. The van der Waals surface area contributed by atoms with Crippen molar-refractivity contribution in [1.82, 2.24) is 4.98 Å². The number of nitrogens with zero attached hydrogens (tertiary/aromatic N) is 1. The molecule has 1 aromatic heterocycles. The number of rotatable bonds is 6. The molecule has 1 heterocycles. The summed E-state index contributed by atoms with van der Waals surface area (Å²) in [5, 5.41) is 3.37. The average molecular weight is 357 g/mol. The number of ether oxygens (including phenoxy) is 1. The summed E-state index contributed by atoms with van der Waals surface area (Å²) in [5.74, 6) is 1.78. The number of halogens is 1. The molecule has 1 amide bonds. The summed E-state index contributed by atoms with van der Waals surface area (Å²) in [5.41, 5.74) is 1.54. The monoisotopic (exact) mass is 356 g/mol. The topological polar surface area (TPSA) is 64.4 Å². The number of methoxy groups -OCH3 is 1. The van der Waals surface area contributed by atoms with Crippen molar-refractivity contribution >= 4 is 23.2 Å². The molecule has 0 aliphatic carbocycles. The Morgan fingerprint density at radius 2 is 2.08 bits per heavy atom. The lowest BCUT2D eigenvalue weighted by Gasteiger charge is -2.04. The van der Waals surface area contributed by atoms with E-state index in [-0.39, 0.29) is 12.3 Å². The van der Waals surface area contributed by atoms with E-state index >= 15 is 0 Å². The first kappa shape index (κ1) is 17.0. The summed E-state index contributed by atoms with van der Waals surface area (Å²) in [6.07, 6.45) is 2.33. The van der Waals surface area contributed by atoms with Crippen molar-refractivity contribution in [3.8, 4) is 17.1 Å². The van der Waals surface area contributed by atoms with Crippen LogP contribution in [0.3, 0.4) is 0 Å². The van der Waals surface area contributed by atoms with Gasteiger partial charge in [-0.2, -0.15) is 0 Å². The number of benzene rings is 2. The molecule has 0 atom stereocenters. The molecule has 0 fully saturated rings. The van der Waals surface area contributed by atoms with E-state index in [2.05, 4.69) is 10.3 Å². The number of carbonyl (C=O) groups is 1. The van der Waals surface area contributed by atoms with Crippen LogP contribution in [0.2, 0.25) is 5.02 Å². The zero-order valence-corrected chi connectivity index (χ0v) is 14.4. The second-order valence-corrected chi connectivity index (χ2v) is 5.85. The van der Waals surface area contributed by atoms with Crippen molar-refractivity contribution in [2.24, 2.45) is 0 Å². The minimum absolute atomic E-state index is 0.122.